The zero-order chi connectivity index (χ0) is 21.9. The van der Waals surface area contributed by atoms with E-state index in [2.05, 4.69) is 15.6 Å². The summed E-state index contributed by atoms with van der Waals surface area (Å²) in [5, 5.41) is 17.2. The second-order valence-electron chi connectivity index (χ2n) is 7.54. The number of aliphatic hydroxyl groups excluding tert-OH is 1. The van der Waals surface area contributed by atoms with Crippen molar-refractivity contribution < 1.29 is 14.3 Å². The minimum atomic E-state index is -0.690. The van der Waals surface area contributed by atoms with Crippen molar-refractivity contribution in [2.75, 3.05) is 13.1 Å². The molecule has 0 bridgehead atoms. The second kappa shape index (κ2) is 11.8. The molecule has 0 saturated carbocycles. The van der Waals surface area contributed by atoms with Crippen LogP contribution in [0.1, 0.15) is 36.8 Å². The van der Waals surface area contributed by atoms with Crippen LogP contribution in [0.4, 0.5) is 0 Å². The number of aliphatic imine (C=N–C) groups is 1. The molecule has 0 radical (unpaired) electrons. The van der Waals surface area contributed by atoms with Gasteiger partial charge in [-0.2, -0.15) is 0 Å². The van der Waals surface area contributed by atoms with E-state index in [0.29, 0.717) is 25.6 Å². The fourth-order valence-corrected chi connectivity index (χ4v) is 3.07. The third kappa shape index (κ3) is 7.83. The first-order valence-corrected chi connectivity index (χ1v) is 10.6. The Balaban J connectivity index is 1.59. The van der Waals surface area contributed by atoms with Crippen molar-refractivity contribution in [1.29, 1.82) is 0 Å². The maximum Gasteiger partial charge on any atom is 0.191 e. The van der Waals surface area contributed by atoms with E-state index >= 15 is 0 Å². The molecule has 3 N–H and O–H groups in total. The van der Waals surface area contributed by atoms with Gasteiger partial charge in [-0.1, -0.05) is 42.5 Å². The highest BCUT2D eigenvalue weighted by atomic mass is 16.5. The highest BCUT2D eigenvalue weighted by Crippen LogP contribution is 2.20. The third-order valence-electron chi connectivity index (χ3n) is 4.58. The van der Waals surface area contributed by atoms with Crippen molar-refractivity contribution >= 4 is 5.96 Å². The van der Waals surface area contributed by atoms with Gasteiger partial charge in [0.15, 0.2) is 5.96 Å². The molecular formula is C25H31N3O3. The van der Waals surface area contributed by atoms with E-state index in [1.54, 1.807) is 6.26 Å². The SMILES string of the molecule is CC(C)Oc1cccc(C(O)CNC(=NCc2ccccc2)NCCc2ccco2)c1. The van der Waals surface area contributed by atoms with Crippen molar-refractivity contribution in [3.63, 3.8) is 0 Å². The molecule has 0 fully saturated rings. The summed E-state index contributed by atoms with van der Waals surface area (Å²) in [6.07, 6.45) is 1.81. The zero-order valence-corrected chi connectivity index (χ0v) is 18.1. The minimum absolute atomic E-state index is 0.0839. The van der Waals surface area contributed by atoms with Crippen LogP contribution in [-0.2, 0) is 13.0 Å². The van der Waals surface area contributed by atoms with Gasteiger partial charge < -0.3 is 24.9 Å². The lowest BCUT2D eigenvalue weighted by molar-refractivity contribution is 0.179. The van der Waals surface area contributed by atoms with E-state index in [9.17, 15) is 5.11 Å². The van der Waals surface area contributed by atoms with Gasteiger partial charge in [0.05, 0.1) is 25.0 Å². The molecule has 2 aromatic carbocycles. The first-order chi connectivity index (χ1) is 15.1. The van der Waals surface area contributed by atoms with Crippen LogP contribution in [0.2, 0.25) is 0 Å². The Bertz CT molecular complexity index is 924. The molecule has 31 heavy (non-hydrogen) atoms. The molecule has 0 saturated heterocycles. The van der Waals surface area contributed by atoms with Gasteiger partial charge in [0.2, 0.25) is 0 Å². The van der Waals surface area contributed by atoms with Crippen LogP contribution in [0.25, 0.3) is 0 Å². The zero-order valence-electron chi connectivity index (χ0n) is 18.1. The Morgan fingerprint density at radius 1 is 1.03 bits per heavy atom. The van der Waals surface area contributed by atoms with Crippen molar-refractivity contribution in [3.05, 3.63) is 89.9 Å². The lowest BCUT2D eigenvalue weighted by Crippen LogP contribution is -2.40. The Morgan fingerprint density at radius 2 is 1.87 bits per heavy atom. The number of guanidine groups is 1. The Kier molecular flexibility index (Phi) is 8.55. The van der Waals surface area contributed by atoms with E-state index in [0.717, 1.165) is 29.1 Å². The molecule has 0 amide bonds. The summed E-state index contributed by atoms with van der Waals surface area (Å²) in [5.41, 5.74) is 1.91. The summed E-state index contributed by atoms with van der Waals surface area (Å²) in [7, 11) is 0. The summed E-state index contributed by atoms with van der Waals surface area (Å²) < 4.78 is 11.1. The van der Waals surface area contributed by atoms with E-state index in [4.69, 9.17) is 9.15 Å². The van der Waals surface area contributed by atoms with Crippen LogP contribution in [-0.4, -0.2) is 30.3 Å². The van der Waals surface area contributed by atoms with Gasteiger partial charge in [-0.05, 0) is 49.2 Å². The average Bonchev–Trinajstić information content (AvgIpc) is 3.29. The van der Waals surface area contributed by atoms with Gasteiger partial charge in [0, 0.05) is 19.5 Å². The molecule has 6 heteroatoms. The predicted octanol–water partition coefficient (Wildman–Crippen LogP) is 4.08. The lowest BCUT2D eigenvalue weighted by Gasteiger charge is -2.17. The highest BCUT2D eigenvalue weighted by Gasteiger charge is 2.10. The van der Waals surface area contributed by atoms with Gasteiger partial charge in [0.1, 0.15) is 11.5 Å². The van der Waals surface area contributed by atoms with Gasteiger partial charge in [-0.25, -0.2) is 4.99 Å². The van der Waals surface area contributed by atoms with Crippen LogP contribution >= 0.6 is 0 Å². The molecule has 164 valence electrons. The van der Waals surface area contributed by atoms with Gasteiger partial charge in [0.25, 0.3) is 0 Å². The molecular weight excluding hydrogens is 390 g/mol. The number of furan rings is 1. The maximum absolute atomic E-state index is 10.7. The molecule has 1 aromatic heterocycles. The monoisotopic (exact) mass is 421 g/mol. The van der Waals surface area contributed by atoms with Gasteiger partial charge in [-0.3, -0.25) is 0 Å². The van der Waals surface area contributed by atoms with Gasteiger partial charge in [-0.15, -0.1) is 0 Å². The fraction of sp³-hybridized carbons (Fsp3) is 0.320. The number of ether oxygens (including phenoxy) is 1. The molecule has 1 unspecified atom stereocenters. The highest BCUT2D eigenvalue weighted by molar-refractivity contribution is 5.79. The normalized spacial score (nSPS) is 12.6. The molecule has 1 heterocycles. The van der Waals surface area contributed by atoms with Crippen LogP contribution in [0.3, 0.4) is 0 Å². The van der Waals surface area contributed by atoms with Crippen molar-refractivity contribution in [3.8, 4) is 5.75 Å². The van der Waals surface area contributed by atoms with Crippen LogP contribution in [0.5, 0.6) is 5.75 Å². The number of aliphatic hydroxyl groups is 1. The predicted molar refractivity (Wildman–Crippen MR) is 123 cm³/mol. The number of rotatable bonds is 10. The van der Waals surface area contributed by atoms with Gasteiger partial charge >= 0.3 is 0 Å². The smallest absolute Gasteiger partial charge is 0.191 e. The van der Waals surface area contributed by atoms with Crippen LogP contribution in [0.15, 0.2) is 82.4 Å². The van der Waals surface area contributed by atoms with Crippen molar-refractivity contribution in [2.45, 2.75) is 39.0 Å². The summed E-state index contributed by atoms with van der Waals surface area (Å²) in [4.78, 5) is 4.66. The molecule has 0 spiro atoms. The van der Waals surface area contributed by atoms with E-state index in [1.807, 2.05) is 80.6 Å². The molecule has 3 aromatic rings. The van der Waals surface area contributed by atoms with Crippen LogP contribution in [0, 0.1) is 0 Å². The summed E-state index contributed by atoms with van der Waals surface area (Å²) in [5.74, 6) is 2.31. The number of nitrogens with zero attached hydrogens (tertiary/aromatic N) is 1. The topological polar surface area (TPSA) is 79.0 Å². The molecule has 1 atom stereocenters. The third-order valence-corrected chi connectivity index (χ3v) is 4.58. The lowest BCUT2D eigenvalue weighted by atomic mass is 10.1. The average molecular weight is 422 g/mol. The van der Waals surface area contributed by atoms with Crippen molar-refractivity contribution in [2.24, 2.45) is 4.99 Å². The first-order valence-electron chi connectivity index (χ1n) is 10.6. The van der Waals surface area contributed by atoms with Crippen molar-refractivity contribution in [1.82, 2.24) is 10.6 Å². The number of nitrogens with one attached hydrogen (secondary N) is 2. The molecule has 6 nitrogen and oxygen atoms in total. The Hall–Kier alpha value is -3.25. The summed E-state index contributed by atoms with van der Waals surface area (Å²) >= 11 is 0. The molecule has 0 aliphatic heterocycles. The van der Waals surface area contributed by atoms with E-state index < -0.39 is 6.10 Å². The largest absolute Gasteiger partial charge is 0.491 e. The molecule has 3 rings (SSSR count). The Labute approximate surface area is 184 Å². The minimum Gasteiger partial charge on any atom is -0.491 e. The number of benzene rings is 2. The summed E-state index contributed by atoms with van der Waals surface area (Å²) in [6.45, 7) is 5.50. The first kappa shape index (κ1) is 22.4. The van der Waals surface area contributed by atoms with Crippen LogP contribution < -0.4 is 15.4 Å². The van der Waals surface area contributed by atoms with E-state index in [-0.39, 0.29) is 6.10 Å². The summed E-state index contributed by atoms with van der Waals surface area (Å²) in [6, 6.07) is 21.4. The number of hydrogen-bond donors (Lipinski definition) is 3. The number of hydrogen-bond acceptors (Lipinski definition) is 4. The fourth-order valence-electron chi connectivity index (χ4n) is 3.07. The molecule has 0 aliphatic rings. The van der Waals surface area contributed by atoms with E-state index in [1.165, 1.54) is 0 Å². The quantitative estimate of drug-likeness (QED) is 0.340. The Morgan fingerprint density at radius 3 is 2.61 bits per heavy atom. The maximum atomic E-state index is 10.7. The molecule has 0 aliphatic carbocycles. The standard InChI is InChI=1S/C25H31N3O3/c1-19(2)31-23-11-6-10-21(16-23)24(29)18-28-25(26-14-13-22-12-7-15-30-22)27-17-20-8-4-3-5-9-20/h3-12,15-16,19,24,29H,13-14,17-18H2,1-2H3,(H2,26,27,28). The second-order valence-corrected chi connectivity index (χ2v) is 7.54.